The van der Waals surface area contributed by atoms with Crippen molar-refractivity contribution >= 4 is 40.4 Å². The number of hydrogen-bond donors (Lipinski definition) is 1. The van der Waals surface area contributed by atoms with E-state index in [-0.39, 0.29) is 11.9 Å². The predicted octanol–water partition coefficient (Wildman–Crippen LogP) is 4.62. The molecule has 0 spiro atoms. The molecular formula is C17H18Cl2N2OS. The summed E-state index contributed by atoms with van der Waals surface area (Å²) in [4.78, 5) is 16.2. The molecule has 0 saturated carbocycles. The zero-order valence-electron chi connectivity index (χ0n) is 12.6. The highest BCUT2D eigenvalue weighted by Gasteiger charge is 2.25. The standard InChI is InChI=1S/C17H18Cl2N2OS/c18-12-5-6-14(19)13(10-12)17(22)20-11-15(16-4-3-9-23-16)21-7-1-2-8-21/h3-6,9-10,15H,1-2,7-8,11H2,(H,20,22). The van der Waals surface area contributed by atoms with Gasteiger partial charge in [0.25, 0.3) is 5.91 Å². The first-order chi connectivity index (χ1) is 11.1. The number of carbonyl (C=O) groups excluding carboxylic acids is 1. The van der Waals surface area contributed by atoms with Crippen molar-refractivity contribution < 1.29 is 4.79 Å². The average molecular weight is 369 g/mol. The molecule has 1 amide bonds. The molecule has 1 aromatic carbocycles. The van der Waals surface area contributed by atoms with Crippen molar-refractivity contribution in [3.05, 3.63) is 56.2 Å². The molecule has 6 heteroatoms. The van der Waals surface area contributed by atoms with Crippen LogP contribution in [-0.4, -0.2) is 30.4 Å². The normalized spacial score (nSPS) is 16.4. The van der Waals surface area contributed by atoms with Crippen LogP contribution in [0.3, 0.4) is 0 Å². The summed E-state index contributed by atoms with van der Waals surface area (Å²) in [6, 6.07) is 9.34. The van der Waals surface area contributed by atoms with E-state index in [0.717, 1.165) is 13.1 Å². The lowest BCUT2D eigenvalue weighted by molar-refractivity contribution is 0.0938. The summed E-state index contributed by atoms with van der Waals surface area (Å²) in [7, 11) is 0. The molecule has 1 saturated heterocycles. The summed E-state index contributed by atoms with van der Waals surface area (Å²) in [6.45, 7) is 2.73. The molecule has 1 aromatic heterocycles. The molecule has 3 rings (SSSR count). The van der Waals surface area contributed by atoms with Crippen LogP contribution in [-0.2, 0) is 0 Å². The van der Waals surface area contributed by atoms with E-state index in [1.54, 1.807) is 29.5 Å². The lowest BCUT2D eigenvalue weighted by Gasteiger charge is -2.27. The Hall–Kier alpha value is -1.07. The molecule has 2 heterocycles. The topological polar surface area (TPSA) is 32.3 Å². The fraction of sp³-hybridized carbons (Fsp3) is 0.353. The van der Waals surface area contributed by atoms with E-state index in [2.05, 4.69) is 27.7 Å². The van der Waals surface area contributed by atoms with Crippen molar-refractivity contribution in [2.75, 3.05) is 19.6 Å². The van der Waals surface area contributed by atoms with Crippen LogP contribution in [0, 0.1) is 0 Å². The van der Waals surface area contributed by atoms with Crippen LogP contribution in [0.25, 0.3) is 0 Å². The van der Waals surface area contributed by atoms with Crippen LogP contribution in [0.5, 0.6) is 0 Å². The Morgan fingerprint density at radius 3 is 2.74 bits per heavy atom. The number of benzene rings is 1. The number of nitrogens with one attached hydrogen (secondary N) is 1. The SMILES string of the molecule is O=C(NCC(c1cccs1)N1CCCC1)c1cc(Cl)ccc1Cl. The minimum Gasteiger partial charge on any atom is -0.350 e. The summed E-state index contributed by atoms with van der Waals surface area (Å²) in [5, 5.41) is 6.02. The maximum atomic E-state index is 12.4. The highest BCUT2D eigenvalue weighted by Crippen LogP contribution is 2.28. The minimum atomic E-state index is -0.182. The van der Waals surface area contributed by atoms with Crippen molar-refractivity contribution in [1.29, 1.82) is 0 Å². The van der Waals surface area contributed by atoms with Crippen LogP contribution in [0.15, 0.2) is 35.7 Å². The van der Waals surface area contributed by atoms with Gasteiger partial charge in [-0.25, -0.2) is 0 Å². The second-order valence-corrected chi connectivity index (χ2v) is 7.43. The van der Waals surface area contributed by atoms with Gasteiger partial charge >= 0.3 is 0 Å². The Morgan fingerprint density at radius 1 is 1.26 bits per heavy atom. The number of amides is 1. The number of carbonyl (C=O) groups is 1. The molecule has 1 atom stereocenters. The smallest absolute Gasteiger partial charge is 0.252 e. The van der Waals surface area contributed by atoms with Crippen molar-refractivity contribution in [3.8, 4) is 0 Å². The molecule has 0 radical (unpaired) electrons. The third-order valence-electron chi connectivity index (χ3n) is 4.08. The fourth-order valence-electron chi connectivity index (χ4n) is 2.90. The van der Waals surface area contributed by atoms with Crippen LogP contribution in [0.1, 0.15) is 34.1 Å². The second kappa shape index (κ2) is 7.67. The van der Waals surface area contributed by atoms with Gasteiger partial charge in [0.1, 0.15) is 0 Å². The Labute approximate surface area is 150 Å². The van der Waals surface area contributed by atoms with Crippen LogP contribution >= 0.6 is 34.5 Å². The third kappa shape index (κ3) is 4.07. The maximum Gasteiger partial charge on any atom is 0.252 e. The molecule has 0 bridgehead atoms. The number of rotatable bonds is 5. The van der Waals surface area contributed by atoms with Crippen molar-refractivity contribution in [2.45, 2.75) is 18.9 Å². The van der Waals surface area contributed by atoms with Gasteiger partial charge in [0.15, 0.2) is 0 Å². The van der Waals surface area contributed by atoms with E-state index in [1.165, 1.54) is 17.7 Å². The van der Waals surface area contributed by atoms with Gasteiger partial charge in [-0.15, -0.1) is 11.3 Å². The van der Waals surface area contributed by atoms with E-state index in [4.69, 9.17) is 23.2 Å². The van der Waals surface area contributed by atoms with Crippen LogP contribution in [0.4, 0.5) is 0 Å². The van der Waals surface area contributed by atoms with Gasteiger partial charge in [-0.2, -0.15) is 0 Å². The molecule has 122 valence electrons. The Kier molecular flexibility index (Phi) is 5.59. The van der Waals surface area contributed by atoms with E-state index in [1.807, 2.05) is 0 Å². The highest BCUT2D eigenvalue weighted by molar-refractivity contribution is 7.10. The van der Waals surface area contributed by atoms with Crippen molar-refractivity contribution in [1.82, 2.24) is 10.2 Å². The zero-order valence-corrected chi connectivity index (χ0v) is 14.9. The number of likely N-dealkylation sites (tertiary alicyclic amines) is 1. The average Bonchev–Trinajstić information content (AvgIpc) is 3.23. The lowest BCUT2D eigenvalue weighted by Crippen LogP contribution is -2.36. The Balaban J connectivity index is 1.71. The number of halogens is 2. The van der Waals surface area contributed by atoms with Crippen LogP contribution < -0.4 is 5.32 Å². The first-order valence-electron chi connectivity index (χ1n) is 7.66. The third-order valence-corrected chi connectivity index (χ3v) is 5.62. The molecule has 1 N–H and O–H groups in total. The molecule has 23 heavy (non-hydrogen) atoms. The maximum absolute atomic E-state index is 12.4. The molecule has 1 unspecified atom stereocenters. The van der Waals surface area contributed by atoms with E-state index < -0.39 is 0 Å². The van der Waals surface area contributed by atoms with E-state index in [0.29, 0.717) is 22.2 Å². The van der Waals surface area contributed by atoms with E-state index >= 15 is 0 Å². The van der Waals surface area contributed by atoms with Gasteiger partial charge in [0.2, 0.25) is 0 Å². The first kappa shape index (κ1) is 16.8. The van der Waals surface area contributed by atoms with Crippen molar-refractivity contribution in [2.24, 2.45) is 0 Å². The molecule has 1 aliphatic heterocycles. The summed E-state index contributed by atoms with van der Waals surface area (Å²) in [6.07, 6.45) is 2.44. The van der Waals surface area contributed by atoms with Gasteiger partial charge in [-0.1, -0.05) is 29.3 Å². The van der Waals surface area contributed by atoms with Gasteiger partial charge in [-0.3, -0.25) is 9.69 Å². The first-order valence-corrected chi connectivity index (χ1v) is 9.29. The summed E-state index contributed by atoms with van der Waals surface area (Å²) < 4.78 is 0. The molecule has 2 aromatic rings. The molecule has 1 fully saturated rings. The lowest BCUT2D eigenvalue weighted by atomic mass is 10.1. The highest BCUT2D eigenvalue weighted by atomic mass is 35.5. The summed E-state index contributed by atoms with van der Waals surface area (Å²) in [5.74, 6) is -0.182. The molecule has 0 aliphatic carbocycles. The summed E-state index contributed by atoms with van der Waals surface area (Å²) >= 11 is 13.8. The largest absolute Gasteiger partial charge is 0.350 e. The molecule has 3 nitrogen and oxygen atoms in total. The number of hydrogen-bond acceptors (Lipinski definition) is 3. The zero-order chi connectivity index (χ0) is 16.2. The van der Waals surface area contributed by atoms with Crippen molar-refractivity contribution in [3.63, 3.8) is 0 Å². The summed E-state index contributed by atoms with van der Waals surface area (Å²) in [5.41, 5.74) is 0.422. The second-order valence-electron chi connectivity index (χ2n) is 5.61. The number of nitrogens with zero attached hydrogens (tertiary/aromatic N) is 1. The Morgan fingerprint density at radius 2 is 2.04 bits per heavy atom. The van der Waals surface area contributed by atoms with Gasteiger partial charge in [-0.05, 0) is 55.6 Å². The predicted molar refractivity (Wildman–Crippen MR) is 96.7 cm³/mol. The minimum absolute atomic E-state index is 0.182. The van der Waals surface area contributed by atoms with Gasteiger partial charge in [0, 0.05) is 16.4 Å². The number of thiophene rings is 1. The monoisotopic (exact) mass is 368 g/mol. The Bertz CT molecular complexity index is 669. The quantitative estimate of drug-likeness (QED) is 0.834. The fourth-order valence-corrected chi connectivity index (χ4v) is 4.14. The van der Waals surface area contributed by atoms with Crippen LogP contribution in [0.2, 0.25) is 10.0 Å². The molecule has 1 aliphatic rings. The molecular weight excluding hydrogens is 351 g/mol. The van der Waals surface area contributed by atoms with Gasteiger partial charge in [0.05, 0.1) is 16.6 Å². The van der Waals surface area contributed by atoms with Gasteiger partial charge < -0.3 is 5.32 Å². The van der Waals surface area contributed by atoms with E-state index in [9.17, 15) is 4.79 Å².